The Labute approximate surface area is 145 Å². The number of hydrogen-bond donors (Lipinski definition) is 0. The quantitative estimate of drug-likeness (QED) is 0.483. The summed E-state index contributed by atoms with van der Waals surface area (Å²) in [6.45, 7) is 2.14. The fourth-order valence-electron chi connectivity index (χ4n) is 2.79. The molecule has 0 amide bonds. The normalized spacial score (nSPS) is 10.8. The van der Waals surface area contributed by atoms with Gasteiger partial charge in [-0.2, -0.15) is 0 Å². The summed E-state index contributed by atoms with van der Waals surface area (Å²) in [6.07, 6.45) is 2.13. The summed E-state index contributed by atoms with van der Waals surface area (Å²) in [4.78, 5) is 0. The third-order valence-electron chi connectivity index (χ3n) is 3.97. The van der Waals surface area contributed by atoms with Crippen LogP contribution in [-0.4, -0.2) is 0 Å². The van der Waals surface area contributed by atoms with Gasteiger partial charge in [0.2, 0.25) is 0 Å². The van der Waals surface area contributed by atoms with Crippen LogP contribution in [0.2, 0.25) is 5.02 Å². The van der Waals surface area contributed by atoms with Gasteiger partial charge in [0.05, 0.1) is 0 Å². The second-order valence-electron chi connectivity index (χ2n) is 5.80. The summed E-state index contributed by atoms with van der Waals surface area (Å²) in [5.41, 5.74) is 3.79. The number of aryl methyl sites for hydroxylation is 1. The summed E-state index contributed by atoms with van der Waals surface area (Å²) in [7, 11) is 0. The molecule has 0 saturated carbocycles. The summed E-state index contributed by atoms with van der Waals surface area (Å²) >= 11 is 5.86. The smallest absolute Gasteiger partial charge is 0.131 e. The zero-order valence-corrected chi connectivity index (χ0v) is 14.1. The molecule has 3 aromatic carbocycles. The van der Waals surface area contributed by atoms with Crippen LogP contribution in [0.3, 0.4) is 0 Å². The van der Waals surface area contributed by atoms with Gasteiger partial charge >= 0.3 is 0 Å². The van der Waals surface area contributed by atoms with Gasteiger partial charge in [-0.05, 0) is 52.9 Å². The molecule has 0 aromatic heterocycles. The van der Waals surface area contributed by atoms with Crippen molar-refractivity contribution in [3.8, 4) is 22.3 Å². The molecule has 0 N–H and O–H groups in total. The van der Waals surface area contributed by atoms with Crippen LogP contribution in [0.15, 0.2) is 60.7 Å². The third kappa shape index (κ3) is 3.65. The van der Waals surface area contributed by atoms with Crippen LogP contribution in [0.4, 0.5) is 8.78 Å². The van der Waals surface area contributed by atoms with Gasteiger partial charge in [-0.1, -0.05) is 61.3 Å². The zero-order valence-electron chi connectivity index (χ0n) is 13.3. The van der Waals surface area contributed by atoms with Gasteiger partial charge in [0.25, 0.3) is 0 Å². The molecular formula is C21H17ClF2. The van der Waals surface area contributed by atoms with E-state index in [0.717, 1.165) is 24.0 Å². The molecule has 24 heavy (non-hydrogen) atoms. The minimum atomic E-state index is -0.479. The summed E-state index contributed by atoms with van der Waals surface area (Å²) in [5, 5.41) is 0.250. The molecule has 0 atom stereocenters. The number of rotatable bonds is 4. The Morgan fingerprint density at radius 3 is 2.12 bits per heavy atom. The fourth-order valence-corrected chi connectivity index (χ4v) is 3.01. The van der Waals surface area contributed by atoms with E-state index in [1.165, 1.54) is 23.8 Å². The zero-order chi connectivity index (χ0) is 17.1. The molecule has 3 aromatic rings. The van der Waals surface area contributed by atoms with Gasteiger partial charge in [0, 0.05) is 10.6 Å². The average molecular weight is 343 g/mol. The van der Waals surface area contributed by atoms with E-state index in [2.05, 4.69) is 19.1 Å². The summed E-state index contributed by atoms with van der Waals surface area (Å²) in [6, 6.07) is 17.1. The van der Waals surface area contributed by atoms with Crippen LogP contribution in [0.5, 0.6) is 0 Å². The topological polar surface area (TPSA) is 0 Å². The van der Waals surface area contributed by atoms with Crippen molar-refractivity contribution >= 4 is 11.6 Å². The molecule has 3 rings (SSSR count). The second-order valence-corrected chi connectivity index (χ2v) is 6.24. The molecule has 0 spiro atoms. The van der Waals surface area contributed by atoms with Crippen LogP contribution in [0, 0.1) is 11.6 Å². The molecule has 0 nitrogen and oxygen atoms in total. The highest BCUT2D eigenvalue weighted by molar-refractivity contribution is 6.30. The first-order chi connectivity index (χ1) is 11.6. The van der Waals surface area contributed by atoms with Crippen LogP contribution in [-0.2, 0) is 6.42 Å². The molecule has 3 heteroatoms. The Morgan fingerprint density at radius 2 is 1.50 bits per heavy atom. The van der Waals surface area contributed by atoms with Crippen molar-refractivity contribution < 1.29 is 8.78 Å². The van der Waals surface area contributed by atoms with Crippen molar-refractivity contribution in [2.45, 2.75) is 19.8 Å². The van der Waals surface area contributed by atoms with E-state index in [9.17, 15) is 8.78 Å². The van der Waals surface area contributed by atoms with E-state index in [4.69, 9.17) is 11.6 Å². The highest BCUT2D eigenvalue weighted by Crippen LogP contribution is 2.30. The van der Waals surface area contributed by atoms with Crippen LogP contribution >= 0.6 is 11.6 Å². The first-order valence-corrected chi connectivity index (χ1v) is 8.30. The van der Waals surface area contributed by atoms with Gasteiger partial charge in [-0.25, -0.2) is 8.78 Å². The number of hydrogen-bond acceptors (Lipinski definition) is 0. The maximum atomic E-state index is 14.5. The molecule has 0 aliphatic carbocycles. The maximum absolute atomic E-state index is 14.5. The molecule has 0 saturated heterocycles. The van der Waals surface area contributed by atoms with Gasteiger partial charge in [-0.15, -0.1) is 0 Å². The predicted octanol–water partition coefficient (Wildman–Crippen LogP) is 6.90. The fraction of sp³-hybridized carbons (Fsp3) is 0.143. The van der Waals surface area contributed by atoms with Gasteiger partial charge in [0.1, 0.15) is 11.6 Å². The van der Waals surface area contributed by atoms with Crippen LogP contribution < -0.4 is 0 Å². The molecular weight excluding hydrogens is 326 g/mol. The first kappa shape index (κ1) is 16.7. The standard InChI is InChI=1S/C21H17ClF2/c1-2-3-14-4-6-15(7-5-14)16-8-9-20(21(24)12-16)17-10-18(22)13-19(23)11-17/h4-13H,2-3H2,1H3. The van der Waals surface area contributed by atoms with Gasteiger partial charge < -0.3 is 0 Å². The van der Waals surface area contributed by atoms with Crippen molar-refractivity contribution in [2.75, 3.05) is 0 Å². The van der Waals surface area contributed by atoms with E-state index < -0.39 is 11.6 Å². The van der Waals surface area contributed by atoms with Crippen molar-refractivity contribution in [1.29, 1.82) is 0 Å². The number of benzene rings is 3. The predicted molar refractivity (Wildman–Crippen MR) is 96.2 cm³/mol. The van der Waals surface area contributed by atoms with Crippen molar-refractivity contribution in [3.05, 3.63) is 82.9 Å². The summed E-state index contributed by atoms with van der Waals surface area (Å²) < 4.78 is 28.0. The van der Waals surface area contributed by atoms with E-state index in [-0.39, 0.29) is 5.02 Å². The average Bonchev–Trinajstić information content (AvgIpc) is 2.55. The lowest BCUT2D eigenvalue weighted by molar-refractivity contribution is 0.625. The lowest BCUT2D eigenvalue weighted by Gasteiger charge is -2.08. The summed E-state index contributed by atoms with van der Waals surface area (Å²) in [5.74, 6) is -0.876. The largest absolute Gasteiger partial charge is 0.207 e. The third-order valence-corrected chi connectivity index (χ3v) is 4.19. The van der Waals surface area contributed by atoms with Crippen LogP contribution in [0.1, 0.15) is 18.9 Å². The van der Waals surface area contributed by atoms with Crippen molar-refractivity contribution in [3.63, 3.8) is 0 Å². The van der Waals surface area contributed by atoms with E-state index >= 15 is 0 Å². The Hall–Kier alpha value is -2.19. The van der Waals surface area contributed by atoms with Crippen molar-refractivity contribution in [2.24, 2.45) is 0 Å². The molecule has 0 radical (unpaired) electrons. The first-order valence-electron chi connectivity index (χ1n) is 7.92. The Balaban J connectivity index is 1.94. The minimum Gasteiger partial charge on any atom is -0.207 e. The molecule has 0 aliphatic heterocycles. The van der Waals surface area contributed by atoms with Crippen molar-refractivity contribution in [1.82, 2.24) is 0 Å². The lowest BCUT2D eigenvalue weighted by Crippen LogP contribution is -1.89. The second kappa shape index (κ2) is 7.14. The van der Waals surface area contributed by atoms with E-state index in [1.807, 2.05) is 18.2 Å². The van der Waals surface area contributed by atoms with Gasteiger partial charge in [-0.3, -0.25) is 0 Å². The maximum Gasteiger partial charge on any atom is 0.131 e. The lowest BCUT2D eigenvalue weighted by atomic mass is 9.98. The monoisotopic (exact) mass is 342 g/mol. The molecule has 0 bridgehead atoms. The molecule has 0 unspecified atom stereocenters. The number of halogens is 3. The molecule has 0 heterocycles. The highest BCUT2D eigenvalue weighted by atomic mass is 35.5. The molecule has 0 fully saturated rings. The van der Waals surface area contributed by atoms with E-state index in [0.29, 0.717) is 11.1 Å². The Bertz CT molecular complexity index is 834. The Morgan fingerprint density at radius 1 is 0.792 bits per heavy atom. The Kier molecular flexibility index (Phi) is 4.96. The molecule has 0 aliphatic rings. The molecule has 122 valence electrons. The minimum absolute atomic E-state index is 0.250. The van der Waals surface area contributed by atoms with Crippen LogP contribution in [0.25, 0.3) is 22.3 Å². The van der Waals surface area contributed by atoms with Gasteiger partial charge in [0.15, 0.2) is 0 Å². The van der Waals surface area contributed by atoms with E-state index in [1.54, 1.807) is 12.1 Å². The highest BCUT2D eigenvalue weighted by Gasteiger charge is 2.09. The SMILES string of the molecule is CCCc1ccc(-c2ccc(-c3cc(F)cc(Cl)c3)c(F)c2)cc1.